The summed E-state index contributed by atoms with van der Waals surface area (Å²) in [6.45, 7) is 0.603. The molecule has 0 aliphatic carbocycles. The van der Waals surface area contributed by atoms with Crippen LogP contribution in [0.15, 0.2) is 24.3 Å². The number of piperidine rings is 1. The monoisotopic (exact) mass is 284 g/mol. The number of hydrogen-bond acceptors (Lipinski definition) is 2. The number of alkyl halides is 3. The fourth-order valence-electron chi connectivity index (χ4n) is 3.63. The Labute approximate surface area is 116 Å². The lowest BCUT2D eigenvalue weighted by atomic mass is 9.97. The van der Waals surface area contributed by atoms with Gasteiger partial charge in [0.1, 0.15) is 0 Å². The Hall–Kier alpha value is -1.07. The molecule has 2 atom stereocenters. The summed E-state index contributed by atoms with van der Waals surface area (Å²) in [5.41, 5.74) is 6.20. The van der Waals surface area contributed by atoms with Gasteiger partial charge in [-0.05, 0) is 37.3 Å². The molecule has 20 heavy (non-hydrogen) atoms. The molecule has 2 N–H and O–H groups in total. The van der Waals surface area contributed by atoms with E-state index in [0.717, 1.165) is 37.3 Å². The van der Waals surface area contributed by atoms with Gasteiger partial charge in [-0.2, -0.15) is 13.2 Å². The van der Waals surface area contributed by atoms with Gasteiger partial charge in [0.15, 0.2) is 0 Å². The minimum Gasteiger partial charge on any atom is -0.328 e. The predicted octanol–water partition coefficient (Wildman–Crippen LogP) is 3.16. The van der Waals surface area contributed by atoms with Crippen LogP contribution in [0.25, 0.3) is 0 Å². The lowest BCUT2D eigenvalue weighted by molar-refractivity contribution is -0.137. The molecule has 2 bridgehead atoms. The molecule has 2 aliphatic heterocycles. The second kappa shape index (κ2) is 5.04. The number of rotatable bonds is 2. The molecular weight excluding hydrogens is 265 g/mol. The maximum absolute atomic E-state index is 12.7. The molecule has 1 aromatic rings. The van der Waals surface area contributed by atoms with Gasteiger partial charge in [0, 0.05) is 24.7 Å². The zero-order valence-corrected chi connectivity index (χ0v) is 11.2. The van der Waals surface area contributed by atoms with Crippen molar-refractivity contribution in [3.05, 3.63) is 35.4 Å². The van der Waals surface area contributed by atoms with Gasteiger partial charge in [0.2, 0.25) is 0 Å². The van der Waals surface area contributed by atoms with Crippen molar-refractivity contribution >= 4 is 0 Å². The molecule has 0 spiro atoms. The predicted molar refractivity (Wildman–Crippen MR) is 71.0 cm³/mol. The molecule has 2 fully saturated rings. The van der Waals surface area contributed by atoms with E-state index in [1.165, 1.54) is 12.1 Å². The Bertz CT molecular complexity index is 472. The van der Waals surface area contributed by atoms with Crippen molar-refractivity contribution in [3.8, 4) is 0 Å². The van der Waals surface area contributed by atoms with E-state index in [-0.39, 0.29) is 6.04 Å². The highest BCUT2D eigenvalue weighted by Gasteiger charge is 2.39. The van der Waals surface area contributed by atoms with Gasteiger partial charge in [0.25, 0.3) is 0 Å². The molecule has 0 amide bonds. The number of benzene rings is 1. The van der Waals surface area contributed by atoms with Gasteiger partial charge < -0.3 is 5.73 Å². The van der Waals surface area contributed by atoms with Crippen LogP contribution < -0.4 is 5.73 Å². The first kappa shape index (κ1) is 13.9. The van der Waals surface area contributed by atoms with Crippen LogP contribution in [0, 0.1) is 0 Å². The van der Waals surface area contributed by atoms with Crippen LogP contribution in [0.1, 0.15) is 36.8 Å². The second-order valence-electron chi connectivity index (χ2n) is 5.99. The van der Waals surface area contributed by atoms with E-state index < -0.39 is 11.7 Å². The summed E-state index contributed by atoms with van der Waals surface area (Å²) >= 11 is 0. The summed E-state index contributed by atoms with van der Waals surface area (Å²) in [7, 11) is 0. The van der Waals surface area contributed by atoms with E-state index >= 15 is 0 Å². The van der Waals surface area contributed by atoms with Gasteiger partial charge in [-0.3, -0.25) is 4.90 Å². The van der Waals surface area contributed by atoms with Crippen LogP contribution in [-0.2, 0) is 12.7 Å². The zero-order valence-electron chi connectivity index (χ0n) is 11.2. The van der Waals surface area contributed by atoms with Gasteiger partial charge in [-0.25, -0.2) is 0 Å². The molecule has 0 aromatic heterocycles. The smallest absolute Gasteiger partial charge is 0.328 e. The average molecular weight is 284 g/mol. The number of hydrogen-bond donors (Lipinski definition) is 1. The van der Waals surface area contributed by atoms with Crippen LogP contribution in [0.4, 0.5) is 13.2 Å². The van der Waals surface area contributed by atoms with Crippen molar-refractivity contribution in [2.75, 3.05) is 0 Å². The first-order valence-electron chi connectivity index (χ1n) is 7.11. The third-order valence-electron chi connectivity index (χ3n) is 4.54. The van der Waals surface area contributed by atoms with E-state index in [1.54, 1.807) is 6.07 Å². The Balaban J connectivity index is 1.76. The topological polar surface area (TPSA) is 29.3 Å². The molecule has 2 nitrogen and oxygen atoms in total. The van der Waals surface area contributed by atoms with Crippen molar-refractivity contribution in [1.82, 2.24) is 4.90 Å². The number of fused-ring (bicyclic) bond motifs is 2. The largest absolute Gasteiger partial charge is 0.416 e. The van der Waals surface area contributed by atoms with Crippen LogP contribution in [0.3, 0.4) is 0 Å². The summed E-state index contributed by atoms with van der Waals surface area (Å²) in [6.07, 6.45) is -0.0845. The number of nitrogens with two attached hydrogens (primary N) is 1. The van der Waals surface area contributed by atoms with Crippen LogP contribution in [-0.4, -0.2) is 23.0 Å². The minimum atomic E-state index is -4.26. The van der Waals surface area contributed by atoms with Crippen LogP contribution >= 0.6 is 0 Å². The third-order valence-corrected chi connectivity index (χ3v) is 4.54. The summed E-state index contributed by atoms with van der Waals surface area (Å²) in [4.78, 5) is 2.35. The van der Waals surface area contributed by atoms with Gasteiger partial charge in [-0.1, -0.05) is 18.2 Å². The molecule has 3 rings (SSSR count). The molecule has 110 valence electrons. The van der Waals surface area contributed by atoms with Crippen molar-refractivity contribution in [3.63, 3.8) is 0 Å². The van der Waals surface area contributed by atoms with E-state index in [0.29, 0.717) is 18.6 Å². The summed E-state index contributed by atoms with van der Waals surface area (Å²) in [5.74, 6) is 0. The molecule has 0 radical (unpaired) electrons. The second-order valence-corrected chi connectivity index (χ2v) is 5.99. The SMILES string of the molecule is NC1CC2CCC(C1)N2Cc1cccc(C(F)(F)F)c1. The van der Waals surface area contributed by atoms with Crippen molar-refractivity contribution in [1.29, 1.82) is 0 Å². The molecule has 0 saturated carbocycles. The summed E-state index contributed by atoms with van der Waals surface area (Å²) < 4.78 is 38.2. The van der Waals surface area contributed by atoms with Gasteiger partial charge in [-0.15, -0.1) is 0 Å². The molecular formula is C15H19F3N2. The standard InChI is InChI=1S/C15H19F3N2/c16-15(17,18)11-3-1-2-10(6-11)9-20-13-4-5-14(20)8-12(19)7-13/h1-3,6,12-14H,4-5,7-9,19H2. The summed E-state index contributed by atoms with van der Waals surface area (Å²) in [6, 6.07) is 6.82. The van der Waals surface area contributed by atoms with Crippen molar-refractivity contribution < 1.29 is 13.2 Å². The van der Waals surface area contributed by atoms with E-state index in [9.17, 15) is 13.2 Å². The fraction of sp³-hybridized carbons (Fsp3) is 0.600. The minimum absolute atomic E-state index is 0.255. The molecule has 2 aliphatic rings. The van der Waals surface area contributed by atoms with E-state index in [4.69, 9.17) is 5.73 Å². The Morgan fingerprint density at radius 3 is 2.40 bits per heavy atom. The maximum Gasteiger partial charge on any atom is 0.416 e. The Kier molecular flexibility index (Phi) is 3.50. The fourth-order valence-corrected chi connectivity index (χ4v) is 3.63. The Morgan fingerprint density at radius 1 is 1.15 bits per heavy atom. The first-order chi connectivity index (χ1) is 9.43. The van der Waals surface area contributed by atoms with Gasteiger partial charge in [0.05, 0.1) is 5.56 Å². The third kappa shape index (κ3) is 2.69. The number of halogens is 3. The van der Waals surface area contributed by atoms with Crippen LogP contribution in [0.2, 0.25) is 0 Å². The highest BCUT2D eigenvalue weighted by molar-refractivity contribution is 5.26. The van der Waals surface area contributed by atoms with E-state index in [2.05, 4.69) is 4.90 Å². The highest BCUT2D eigenvalue weighted by atomic mass is 19.4. The molecule has 2 unspecified atom stereocenters. The van der Waals surface area contributed by atoms with Crippen LogP contribution in [0.5, 0.6) is 0 Å². The summed E-state index contributed by atoms with van der Waals surface area (Å²) in [5, 5.41) is 0. The van der Waals surface area contributed by atoms with Crippen molar-refractivity contribution in [2.24, 2.45) is 5.73 Å². The lowest BCUT2D eigenvalue weighted by Gasteiger charge is -2.37. The highest BCUT2D eigenvalue weighted by Crippen LogP contribution is 2.37. The quantitative estimate of drug-likeness (QED) is 0.904. The molecule has 2 saturated heterocycles. The lowest BCUT2D eigenvalue weighted by Crippen LogP contribution is -2.46. The zero-order chi connectivity index (χ0) is 14.3. The molecule has 2 heterocycles. The average Bonchev–Trinajstić information content (AvgIpc) is 2.61. The Morgan fingerprint density at radius 2 is 1.80 bits per heavy atom. The normalized spacial score (nSPS) is 30.7. The maximum atomic E-state index is 12.7. The van der Waals surface area contributed by atoms with Crippen molar-refractivity contribution in [2.45, 2.75) is 56.5 Å². The van der Waals surface area contributed by atoms with Gasteiger partial charge >= 0.3 is 6.18 Å². The first-order valence-corrected chi connectivity index (χ1v) is 7.11. The number of nitrogens with zero attached hydrogens (tertiary/aromatic N) is 1. The molecule has 5 heteroatoms. The van der Waals surface area contributed by atoms with E-state index in [1.807, 2.05) is 0 Å². The molecule has 1 aromatic carbocycles.